The molecule has 1 amide bonds. The third kappa shape index (κ3) is 1.80. The summed E-state index contributed by atoms with van der Waals surface area (Å²) in [6, 6.07) is 0. The zero-order valence-electron chi connectivity index (χ0n) is 8.64. The lowest BCUT2D eigenvalue weighted by atomic mass is 10.3. The number of aryl methyl sites for hydroxylation is 1. The Hall–Kier alpha value is -1.56. The van der Waals surface area contributed by atoms with Crippen molar-refractivity contribution in [2.75, 3.05) is 18.1 Å². The Labute approximate surface area is 87.6 Å². The van der Waals surface area contributed by atoms with Gasteiger partial charge >= 0.3 is 6.09 Å². The number of aromatic nitrogens is 2. The predicted molar refractivity (Wildman–Crippen MR) is 54.4 cm³/mol. The van der Waals surface area contributed by atoms with Gasteiger partial charge in [-0.2, -0.15) is 5.10 Å². The second kappa shape index (κ2) is 3.90. The average Bonchev–Trinajstić information content (AvgIpc) is 2.60. The molecule has 2 N–H and O–H groups in total. The Kier molecular flexibility index (Phi) is 2.59. The van der Waals surface area contributed by atoms with Crippen LogP contribution in [0.15, 0.2) is 6.20 Å². The molecule has 0 aromatic carbocycles. The minimum absolute atomic E-state index is 0.338. The molecule has 1 aromatic heterocycles. The number of ether oxygens (including phenoxy) is 1. The topological polar surface area (TPSA) is 73.4 Å². The normalized spacial score (nSPS) is 16.7. The zero-order chi connectivity index (χ0) is 10.8. The number of hydrogen-bond acceptors (Lipinski definition) is 4. The van der Waals surface area contributed by atoms with Gasteiger partial charge in [0.25, 0.3) is 0 Å². The van der Waals surface area contributed by atoms with Crippen molar-refractivity contribution in [3.8, 4) is 0 Å². The van der Waals surface area contributed by atoms with E-state index in [-0.39, 0.29) is 6.09 Å². The highest BCUT2D eigenvalue weighted by Crippen LogP contribution is 2.20. The average molecular weight is 210 g/mol. The van der Waals surface area contributed by atoms with Gasteiger partial charge in [0, 0.05) is 31.9 Å². The molecule has 0 unspecified atom stereocenters. The highest BCUT2D eigenvalue weighted by atomic mass is 16.6. The van der Waals surface area contributed by atoms with E-state index >= 15 is 0 Å². The predicted octanol–water partition coefficient (Wildman–Crippen LogP) is 0.225. The van der Waals surface area contributed by atoms with Gasteiger partial charge in [0.1, 0.15) is 0 Å². The highest BCUT2D eigenvalue weighted by Gasteiger charge is 2.25. The van der Waals surface area contributed by atoms with Crippen LogP contribution in [0.25, 0.3) is 0 Å². The number of carbonyl (C=O) groups excluding carboxylic acids is 1. The molecule has 0 radical (unpaired) electrons. The van der Waals surface area contributed by atoms with Gasteiger partial charge < -0.3 is 10.5 Å². The van der Waals surface area contributed by atoms with Crippen LogP contribution in [-0.4, -0.2) is 29.0 Å². The van der Waals surface area contributed by atoms with Crippen LogP contribution in [0.1, 0.15) is 12.0 Å². The quantitative estimate of drug-likeness (QED) is 0.758. The number of amides is 1. The first-order chi connectivity index (χ1) is 7.22. The molecule has 1 aliphatic rings. The molecule has 0 atom stereocenters. The first-order valence-corrected chi connectivity index (χ1v) is 4.89. The summed E-state index contributed by atoms with van der Waals surface area (Å²) in [5, 5.41) is 4.22. The molecular weight excluding hydrogens is 196 g/mol. The van der Waals surface area contributed by atoms with Crippen molar-refractivity contribution in [2.45, 2.75) is 13.0 Å². The van der Waals surface area contributed by atoms with Crippen molar-refractivity contribution in [1.82, 2.24) is 9.78 Å². The van der Waals surface area contributed by atoms with Crippen molar-refractivity contribution in [3.63, 3.8) is 0 Å². The third-order valence-corrected chi connectivity index (χ3v) is 2.33. The smallest absolute Gasteiger partial charge is 0.415 e. The maximum atomic E-state index is 11.5. The minimum atomic E-state index is -0.338. The van der Waals surface area contributed by atoms with Crippen molar-refractivity contribution in [2.24, 2.45) is 12.8 Å². The molecule has 82 valence electrons. The molecule has 0 saturated carbocycles. The molecule has 0 bridgehead atoms. The number of rotatable bonds is 2. The molecule has 2 heterocycles. The molecule has 2 rings (SSSR count). The van der Waals surface area contributed by atoms with Crippen LogP contribution in [0, 0.1) is 0 Å². The summed E-state index contributed by atoms with van der Waals surface area (Å²) in [4.78, 5) is 13.0. The summed E-state index contributed by atoms with van der Waals surface area (Å²) in [6.45, 7) is 1.50. The lowest BCUT2D eigenvalue weighted by molar-refractivity contribution is 0.140. The Balaban J connectivity index is 2.30. The van der Waals surface area contributed by atoms with E-state index in [2.05, 4.69) is 5.10 Å². The van der Waals surface area contributed by atoms with Crippen LogP contribution in [0.5, 0.6) is 0 Å². The summed E-state index contributed by atoms with van der Waals surface area (Å²) in [5.74, 6) is 0.615. The van der Waals surface area contributed by atoms with Crippen LogP contribution in [0.4, 0.5) is 10.6 Å². The van der Waals surface area contributed by atoms with E-state index in [0.29, 0.717) is 25.5 Å². The summed E-state index contributed by atoms with van der Waals surface area (Å²) in [5.41, 5.74) is 6.44. The van der Waals surface area contributed by atoms with E-state index < -0.39 is 0 Å². The molecule has 1 saturated heterocycles. The van der Waals surface area contributed by atoms with Crippen LogP contribution in [0.2, 0.25) is 0 Å². The molecule has 1 aromatic rings. The Morgan fingerprint density at radius 1 is 1.67 bits per heavy atom. The standard InChI is InChI=1S/C9H14N4O2/c1-12-6-7(5-10)8(11-12)13-3-2-4-15-9(13)14/h6H,2-5,10H2,1H3. The van der Waals surface area contributed by atoms with E-state index in [9.17, 15) is 4.79 Å². The highest BCUT2D eigenvalue weighted by molar-refractivity contribution is 5.87. The SMILES string of the molecule is Cn1cc(CN)c(N2CCCOC2=O)n1. The summed E-state index contributed by atoms with van der Waals surface area (Å²) >= 11 is 0. The largest absolute Gasteiger partial charge is 0.449 e. The van der Waals surface area contributed by atoms with Gasteiger partial charge in [0.2, 0.25) is 0 Å². The Morgan fingerprint density at radius 3 is 3.13 bits per heavy atom. The fraction of sp³-hybridized carbons (Fsp3) is 0.556. The molecule has 0 aliphatic carbocycles. The lowest BCUT2D eigenvalue weighted by Gasteiger charge is -2.25. The fourth-order valence-electron chi connectivity index (χ4n) is 1.64. The van der Waals surface area contributed by atoms with Gasteiger partial charge in [0.15, 0.2) is 5.82 Å². The third-order valence-electron chi connectivity index (χ3n) is 2.33. The van der Waals surface area contributed by atoms with Crippen LogP contribution < -0.4 is 10.6 Å². The molecule has 6 heteroatoms. The van der Waals surface area contributed by atoms with Gasteiger partial charge in [-0.05, 0) is 6.42 Å². The van der Waals surface area contributed by atoms with Gasteiger partial charge in [-0.1, -0.05) is 0 Å². The summed E-state index contributed by atoms with van der Waals surface area (Å²) in [7, 11) is 1.80. The maximum Gasteiger partial charge on any atom is 0.415 e. The lowest BCUT2D eigenvalue weighted by Crippen LogP contribution is -2.38. The minimum Gasteiger partial charge on any atom is -0.449 e. The first kappa shape index (κ1) is 9.97. The molecular formula is C9H14N4O2. The molecule has 1 aliphatic heterocycles. The monoisotopic (exact) mass is 210 g/mol. The van der Waals surface area contributed by atoms with E-state index in [1.54, 1.807) is 11.7 Å². The summed E-state index contributed by atoms with van der Waals surface area (Å²) in [6.07, 6.45) is 2.30. The number of nitrogens with zero attached hydrogens (tertiary/aromatic N) is 3. The van der Waals surface area contributed by atoms with E-state index in [4.69, 9.17) is 10.5 Å². The number of hydrogen-bond donors (Lipinski definition) is 1. The van der Waals surface area contributed by atoms with Crippen molar-refractivity contribution < 1.29 is 9.53 Å². The molecule has 15 heavy (non-hydrogen) atoms. The Bertz CT molecular complexity index is 374. The van der Waals surface area contributed by atoms with Crippen LogP contribution in [0.3, 0.4) is 0 Å². The van der Waals surface area contributed by atoms with Gasteiger partial charge in [0.05, 0.1) is 6.61 Å². The first-order valence-electron chi connectivity index (χ1n) is 4.89. The van der Waals surface area contributed by atoms with Gasteiger partial charge in [-0.25, -0.2) is 4.79 Å². The molecule has 1 fully saturated rings. The van der Waals surface area contributed by atoms with Crippen molar-refractivity contribution in [1.29, 1.82) is 0 Å². The molecule has 6 nitrogen and oxygen atoms in total. The van der Waals surface area contributed by atoms with Gasteiger partial charge in [-0.15, -0.1) is 0 Å². The number of carbonyl (C=O) groups is 1. The number of cyclic esters (lactones) is 1. The zero-order valence-corrected chi connectivity index (χ0v) is 8.64. The van der Waals surface area contributed by atoms with Crippen molar-refractivity contribution in [3.05, 3.63) is 11.8 Å². The number of anilines is 1. The van der Waals surface area contributed by atoms with Crippen LogP contribution >= 0.6 is 0 Å². The summed E-state index contributed by atoms with van der Waals surface area (Å²) < 4.78 is 6.60. The fourth-order valence-corrected chi connectivity index (χ4v) is 1.64. The van der Waals surface area contributed by atoms with Gasteiger partial charge in [-0.3, -0.25) is 9.58 Å². The van der Waals surface area contributed by atoms with E-state index in [1.165, 1.54) is 4.90 Å². The van der Waals surface area contributed by atoms with E-state index in [1.807, 2.05) is 6.20 Å². The van der Waals surface area contributed by atoms with Crippen LogP contribution in [-0.2, 0) is 18.3 Å². The van der Waals surface area contributed by atoms with E-state index in [0.717, 1.165) is 12.0 Å². The van der Waals surface area contributed by atoms with Crippen molar-refractivity contribution >= 4 is 11.9 Å². The second-order valence-electron chi connectivity index (χ2n) is 3.48. The number of nitrogens with two attached hydrogens (primary N) is 1. The maximum absolute atomic E-state index is 11.5. The second-order valence-corrected chi connectivity index (χ2v) is 3.48. The molecule has 0 spiro atoms. The Morgan fingerprint density at radius 2 is 2.47 bits per heavy atom.